The number of carbonyl (C=O) groups excluding carboxylic acids is 1. The van der Waals surface area contributed by atoms with E-state index >= 15 is 0 Å². The summed E-state index contributed by atoms with van der Waals surface area (Å²) in [5, 5.41) is 5.79. The van der Waals surface area contributed by atoms with Crippen molar-refractivity contribution in [1.29, 1.82) is 0 Å². The van der Waals surface area contributed by atoms with Crippen molar-refractivity contribution in [3.05, 3.63) is 0 Å². The molecule has 4 N–H and O–H groups in total. The Labute approximate surface area is 85.4 Å². The van der Waals surface area contributed by atoms with Crippen LogP contribution < -0.4 is 16.4 Å². The van der Waals surface area contributed by atoms with Gasteiger partial charge < -0.3 is 21.1 Å². The maximum Gasteiger partial charge on any atom is 0.233 e. The van der Waals surface area contributed by atoms with Gasteiger partial charge in [0.25, 0.3) is 0 Å². The van der Waals surface area contributed by atoms with Crippen LogP contribution in [-0.2, 0) is 9.53 Å². The molecule has 0 bridgehead atoms. The van der Waals surface area contributed by atoms with Crippen molar-refractivity contribution >= 4 is 5.91 Å². The second kappa shape index (κ2) is 10.4. The Balaban J connectivity index is 3.11. The molecule has 0 aliphatic heterocycles. The van der Waals surface area contributed by atoms with Crippen LogP contribution in [0.4, 0.5) is 0 Å². The van der Waals surface area contributed by atoms with E-state index in [9.17, 15) is 4.79 Å². The molecule has 0 fully saturated rings. The maximum atomic E-state index is 11.1. The standard InChI is InChI=1S/C9H21N3O2/c1-14-7-3-6-12-9(13)8-11-5-2-4-10/h11H,2-8,10H2,1H3,(H,12,13). The van der Waals surface area contributed by atoms with Gasteiger partial charge in [0, 0.05) is 20.3 Å². The molecule has 14 heavy (non-hydrogen) atoms. The maximum absolute atomic E-state index is 11.1. The number of hydrogen-bond donors (Lipinski definition) is 3. The van der Waals surface area contributed by atoms with Crippen molar-refractivity contribution in [3.63, 3.8) is 0 Å². The number of amides is 1. The first kappa shape index (κ1) is 13.4. The van der Waals surface area contributed by atoms with Crippen LogP contribution in [0.25, 0.3) is 0 Å². The first-order valence-electron chi connectivity index (χ1n) is 4.97. The van der Waals surface area contributed by atoms with E-state index in [2.05, 4.69) is 10.6 Å². The van der Waals surface area contributed by atoms with Gasteiger partial charge in [0.1, 0.15) is 0 Å². The first-order chi connectivity index (χ1) is 6.81. The summed E-state index contributed by atoms with van der Waals surface area (Å²) in [5.41, 5.74) is 5.30. The van der Waals surface area contributed by atoms with Gasteiger partial charge in [-0.1, -0.05) is 0 Å². The van der Waals surface area contributed by atoms with E-state index in [4.69, 9.17) is 10.5 Å². The fourth-order valence-electron chi connectivity index (χ4n) is 0.936. The van der Waals surface area contributed by atoms with Gasteiger partial charge >= 0.3 is 0 Å². The summed E-state index contributed by atoms with van der Waals surface area (Å²) in [6.07, 6.45) is 1.75. The molecule has 0 aromatic rings. The summed E-state index contributed by atoms with van der Waals surface area (Å²) in [6, 6.07) is 0. The van der Waals surface area contributed by atoms with Crippen molar-refractivity contribution < 1.29 is 9.53 Å². The minimum absolute atomic E-state index is 0.0260. The van der Waals surface area contributed by atoms with Crippen molar-refractivity contribution in [2.45, 2.75) is 12.8 Å². The largest absolute Gasteiger partial charge is 0.385 e. The van der Waals surface area contributed by atoms with Gasteiger partial charge in [-0.05, 0) is 25.9 Å². The molecule has 1 amide bonds. The van der Waals surface area contributed by atoms with Crippen LogP contribution in [0.3, 0.4) is 0 Å². The zero-order valence-electron chi connectivity index (χ0n) is 8.84. The molecule has 5 heteroatoms. The number of nitrogens with two attached hydrogens (primary N) is 1. The van der Waals surface area contributed by atoms with Crippen LogP contribution in [0.15, 0.2) is 0 Å². The highest BCUT2D eigenvalue weighted by Gasteiger charge is 1.98. The summed E-state index contributed by atoms with van der Waals surface area (Å²) in [5.74, 6) is 0.0260. The molecule has 0 unspecified atom stereocenters. The Kier molecular flexibility index (Phi) is 9.95. The highest BCUT2D eigenvalue weighted by atomic mass is 16.5. The summed E-state index contributed by atoms with van der Waals surface area (Å²) < 4.78 is 4.86. The molecule has 0 rings (SSSR count). The molecule has 0 aliphatic rings. The van der Waals surface area contributed by atoms with Crippen LogP contribution in [0.5, 0.6) is 0 Å². The zero-order chi connectivity index (χ0) is 10.6. The molecule has 0 heterocycles. The Morgan fingerprint density at radius 3 is 2.79 bits per heavy atom. The van der Waals surface area contributed by atoms with E-state index in [-0.39, 0.29) is 5.91 Å². The van der Waals surface area contributed by atoms with Crippen LogP contribution in [0.2, 0.25) is 0 Å². The molecular weight excluding hydrogens is 182 g/mol. The van der Waals surface area contributed by atoms with Crippen molar-refractivity contribution in [3.8, 4) is 0 Å². The number of ether oxygens (including phenoxy) is 1. The molecule has 0 spiro atoms. The van der Waals surface area contributed by atoms with Gasteiger partial charge in [-0.3, -0.25) is 4.79 Å². The van der Waals surface area contributed by atoms with Gasteiger partial charge in [0.15, 0.2) is 0 Å². The van der Waals surface area contributed by atoms with Gasteiger partial charge in [-0.15, -0.1) is 0 Å². The SMILES string of the molecule is COCCCNC(=O)CNCCCN. The number of rotatable bonds is 9. The third-order valence-corrected chi connectivity index (χ3v) is 1.69. The summed E-state index contributed by atoms with van der Waals surface area (Å²) >= 11 is 0. The zero-order valence-corrected chi connectivity index (χ0v) is 8.84. The Morgan fingerprint density at radius 1 is 1.36 bits per heavy atom. The molecule has 0 aromatic carbocycles. The molecule has 84 valence electrons. The van der Waals surface area contributed by atoms with E-state index in [0.29, 0.717) is 26.2 Å². The first-order valence-corrected chi connectivity index (χ1v) is 4.97. The Morgan fingerprint density at radius 2 is 2.14 bits per heavy atom. The molecule has 5 nitrogen and oxygen atoms in total. The predicted molar refractivity (Wildman–Crippen MR) is 56.0 cm³/mol. The average molecular weight is 203 g/mol. The number of nitrogens with one attached hydrogen (secondary N) is 2. The number of hydrogen-bond acceptors (Lipinski definition) is 4. The van der Waals surface area contributed by atoms with Gasteiger partial charge in [-0.2, -0.15) is 0 Å². The quantitative estimate of drug-likeness (QED) is 0.423. The molecule has 0 saturated heterocycles. The molecule has 0 aromatic heterocycles. The summed E-state index contributed by atoms with van der Waals surface area (Å²) in [6.45, 7) is 3.17. The molecular formula is C9H21N3O2. The smallest absolute Gasteiger partial charge is 0.233 e. The Hall–Kier alpha value is -0.650. The average Bonchev–Trinajstić information content (AvgIpc) is 2.19. The predicted octanol–water partition coefficient (Wildman–Crippen LogP) is -0.922. The highest BCUT2D eigenvalue weighted by Crippen LogP contribution is 1.77. The molecule has 0 aliphatic carbocycles. The van der Waals surface area contributed by atoms with Crippen LogP contribution in [0.1, 0.15) is 12.8 Å². The number of carbonyl (C=O) groups is 1. The molecule has 0 radical (unpaired) electrons. The van der Waals surface area contributed by atoms with Gasteiger partial charge in [0.05, 0.1) is 6.54 Å². The second-order valence-corrected chi connectivity index (χ2v) is 3.02. The van der Waals surface area contributed by atoms with E-state index in [1.807, 2.05) is 0 Å². The van der Waals surface area contributed by atoms with Crippen LogP contribution in [0, 0.1) is 0 Å². The van der Waals surface area contributed by atoms with Crippen LogP contribution in [-0.4, -0.2) is 45.8 Å². The Bertz CT molecular complexity index is 128. The van der Waals surface area contributed by atoms with E-state index in [1.165, 1.54) is 0 Å². The lowest BCUT2D eigenvalue weighted by atomic mass is 10.4. The van der Waals surface area contributed by atoms with Gasteiger partial charge in [-0.25, -0.2) is 0 Å². The lowest BCUT2D eigenvalue weighted by Crippen LogP contribution is -2.35. The highest BCUT2D eigenvalue weighted by molar-refractivity contribution is 5.77. The van der Waals surface area contributed by atoms with E-state index in [1.54, 1.807) is 7.11 Å². The lowest BCUT2D eigenvalue weighted by molar-refractivity contribution is -0.120. The fourth-order valence-corrected chi connectivity index (χ4v) is 0.936. The van der Waals surface area contributed by atoms with Crippen molar-refractivity contribution in [2.24, 2.45) is 5.73 Å². The van der Waals surface area contributed by atoms with E-state index in [0.717, 1.165) is 19.4 Å². The minimum Gasteiger partial charge on any atom is -0.385 e. The molecule has 0 atom stereocenters. The number of methoxy groups -OCH3 is 1. The summed E-state index contributed by atoms with van der Waals surface area (Å²) in [7, 11) is 1.65. The van der Waals surface area contributed by atoms with E-state index < -0.39 is 0 Å². The van der Waals surface area contributed by atoms with Crippen LogP contribution >= 0.6 is 0 Å². The normalized spacial score (nSPS) is 10.1. The van der Waals surface area contributed by atoms with Crippen molar-refractivity contribution in [1.82, 2.24) is 10.6 Å². The monoisotopic (exact) mass is 203 g/mol. The third kappa shape index (κ3) is 9.44. The van der Waals surface area contributed by atoms with Crippen molar-refractivity contribution in [2.75, 3.05) is 39.9 Å². The fraction of sp³-hybridized carbons (Fsp3) is 0.889. The lowest BCUT2D eigenvalue weighted by Gasteiger charge is -2.05. The second-order valence-electron chi connectivity index (χ2n) is 3.02. The topological polar surface area (TPSA) is 76.4 Å². The van der Waals surface area contributed by atoms with Gasteiger partial charge in [0.2, 0.25) is 5.91 Å². The summed E-state index contributed by atoms with van der Waals surface area (Å²) in [4.78, 5) is 11.1. The third-order valence-electron chi connectivity index (χ3n) is 1.69. The minimum atomic E-state index is 0.0260. The molecule has 0 saturated carbocycles.